The summed E-state index contributed by atoms with van der Waals surface area (Å²) in [5.74, 6) is 0.270. The van der Waals surface area contributed by atoms with Gasteiger partial charge in [0.1, 0.15) is 0 Å². The number of thiophene rings is 1. The summed E-state index contributed by atoms with van der Waals surface area (Å²) in [7, 11) is 1.90. The first-order valence-electron chi connectivity index (χ1n) is 6.20. The topological polar surface area (TPSA) is 32.3 Å². The Morgan fingerprint density at radius 2 is 2.22 bits per heavy atom. The van der Waals surface area contributed by atoms with Crippen LogP contribution in [-0.4, -0.2) is 30.9 Å². The average molecular weight is 331 g/mol. The fourth-order valence-corrected chi connectivity index (χ4v) is 3.63. The second-order valence-corrected chi connectivity index (χ2v) is 7.52. The van der Waals surface area contributed by atoms with E-state index >= 15 is 0 Å². The van der Waals surface area contributed by atoms with Crippen molar-refractivity contribution in [2.24, 2.45) is 5.41 Å². The lowest BCUT2D eigenvalue weighted by molar-refractivity contribution is -0.141. The number of hydrogen-bond acceptors (Lipinski definition) is 3. The van der Waals surface area contributed by atoms with Gasteiger partial charge in [-0.1, -0.05) is 6.92 Å². The Bertz CT molecular complexity index is 426. The first-order chi connectivity index (χ1) is 8.51. The van der Waals surface area contributed by atoms with Crippen LogP contribution in [0.15, 0.2) is 15.2 Å². The van der Waals surface area contributed by atoms with Crippen molar-refractivity contribution in [3.8, 4) is 0 Å². The smallest absolute Gasteiger partial charge is 0.228 e. The van der Waals surface area contributed by atoms with Crippen LogP contribution in [-0.2, 0) is 11.3 Å². The lowest BCUT2D eigenvalue weighted by Crippen LogP contribution is -2.46. The number of hydrogen-bond donors (Lipinski definition) is 1. The highest BCUT2D eigenvalue weighted by molar-refractivity contribution is 9.11. The third-order valence-electron chi connectivity index (χ3n) is 3.61. The molecule has 0 spiro atoms. The maximum Gasteiger partial charge on any atom is 0.228 e. The summed E-state index contributed by atoms with van der Waals surface area (Å²) in [4.78, 5) is 14.4. The van der Waals surface area contributed by atoms with Crippen molar-refractivity contribution < 1.29 is 4.79 Å². The van der Waals surface area contributed by atoms with Crippen LogP contribution < -0.4 is 5.32 Å². The summed E-state index contributed by atoms with van der Waals surface area (Å²) in [6, 6.07) is 2.08. The highest BCUT2D eigenvalue weighted by Crippen LogP contribution is 2.31. The van der Waals surface area contributed by atoms with Crippen molar-refractivity contribution >= 4 is 33.2 Å². The second-order valence-electron chi connectivity index (χ2n) is 5.23. The summed E-state index contributed by atoms with van der Waals surface area (Å²) in [6.45, 7) is 4.68. The number of amides is 1. The first kappa shape index (κ1) is 14.0. The Morgan fingerprint density at radius 3 is 2.78 bits per heavy atom. The third-order valence-corrected chi connectivity index (χ3v) is 5.16. The van der Waals surface area contributed by atoms with Gasteiger partial charge < -0.3 is 10.2 Å². The molecule has 0 aromatic carbocycles. The molecule has 1 fully saturated rings. The molecule has 1 aliphatic rings. The van der Waals surface area contributed by atoms with E-state index in [1.165, 1.54) is 5.56 Å². The van der Waals surface area contributed by atoms with Crippen molar-refractivity contribution in [1.29, 1.82) is 0 Å². The molecule has 3 nitrogen and oxygen atoms in total. The number of nitrogens with one attached hydrogen (secondary N) is 1. The molecule has 18 heavy (non-hydrogen) atoms. The van der Waals surface area contributed by atoms with E-state index in [-0.39, 0.29) is 11.3 Å². The number of piperidine rings is 1. The van der Waals surface area contributed by atoms with E-state index < -0.39 is 0 Å². The minimum absolute atomic E-state index is 0.187. The predicted molar refractivity (Wildman–Crippen MR) is 78.7 cm³/mol. The van der Waals surface area contributed by atoms with Gasteiger partial charge in [0.2, 0.25) is 5.91 Å². The Balaban J connectivity index is 1.99. The van der Waals surface area contributed by atoms with Gasteiger partial charge in [-0.25, -0.2) is 0 Å². The van der Waals surface area contributed by atoms with Crippen LogP contribution in [0, 0.1) is 5.41 Å². The molecule has 2 heterocycles. The molecule has 0 aliphatic carbocycles. The molecule has 0 bridgehead atoms. The third kappa shape index (κ3) is 3.13. The van der Waals surface area contributed by atoms with E-state index in [9.17, 15) is 4.79 Å². The van der Waals surface area contributed by atoms with E-state index in [0.29, 0.717) is 6.54 Å². The van der Waals surface area contributed by atoms with Gasteiger partial charge in [0.05, 0.1) is 3.79 Å². The van der Waals surface area contributed by atoms with Crippen molar-refractivity contribution in [1.82, 2.24) is 10.2 Å². The van der Waals surface area contributed by atoms with E-state index in [2.05, 4.69) is 39.6 Å². The highest BCUT2D eigenvalue weighted by atomic mass is 79.9. The quantitative estimate of drug-likeness (QED) is 0.924. The molecule has 100 valence electrons. The van der Waals surface area contributed by atoms with Crippen LogP contribution in [0.2, 0.25) is 0 Å². The molecule has 0 radical (unpaired) electrons. The molecule has 5 heteroatoms. The number of nitrogens with zero attached hydrogens (tertiary/aromatic N) is 1. The zero-order chi connectivity index (χ0) is 13.2. The summed E-state index contributed by atoms with van der Waals surface area (Å²) in [5, 5.41) is 5.41. The van der Waals surface area contributed by atoms with Crippen LogP contribution >= 0.6 is 27.3 Å². The standard InChI is InChI=1S/C13H19BrN2OS/c1-13(3-5-15-6-4-13)12(17)16(2)8-10-7-11(14)18-9-10/h7,9,15H,3-6,8H2,1-2H3. The molecule has 1 aromatic heterocycles. The molecular formula is C13H19BrN2OS. The van der Waals surface area contributed by atoms with Gasteiger partial charge in [-0.2, -0.15) is 0 Å². The molecule has 0 unspecified atom stereocenters. The van der Waals surface area contributed by atoms with Crippen molar-refractivity contribution in [2.45, 2.75) is 26.3 Å². The van der Waals surface area contributed by atoms with Gasteiger partial charge in [-0.3, -0.25) is 4.79 Å². The van der Waals surface area contributed by atoms with Crippen molar-refractivity contribution in [2.75, 3.05) is 20.1 Å². The van der Waals surface area contributed by atoms with Gasteiger partial charge >= 0.3 is 0 Å². The van der Waals surface area contributed by atoms with Crippen molar-refractivity contribution in [3.63, 3.8) is 0 Å². The van der Waals surface area contributed by atoms with Crippen LogP contribution in [0.25, 0.3) is 0 Å². The Kier molecular flexibility index (Phi) is 4.45. The number of carbonyl (C=O) groups excluding carboxylic acids is 1. The minimum Gasteiger partial charge on any atom is -0.341 e. The number of rotatable bonds is 3. The van der Waals surface area contributed by atoms with Crippen LogP contribution in [0.1, 0.15) is 25.3 Å². The van der Waals surface area contributed by atoms with Crippen LogP contribution in [0.4, 0.5) is 0 Å². The normalized spacial score (nSPS) is 18.6. The molecule has 1 aromatic rings. The Labute approximate surface area is 121 Å². The van der Waals surface area contributed by atoms with E-state index in [1.807, 2.05) is 11.9 Å². The fraction of sp³-hybridized carbons (Fsp3) is 0.615. The largest absolute Gasteiger partial charge is 0.341 e. The highest BCUT2D eigenvalue weighted by Gasteiger charge is 2.36. The van der Waals surface area contributed by atoms with E-state index in [1.54, 1.807) is 11.3 Å². The van der Waals surface area contributed by atoms with Crippen molar-refractivity contribution in [3.05, 3.63) is 20.8 Å². The molecule has 1 N–H and O–H groups in total. The average Bonchev–Trinajstić information content (AvgIpc) is 2.74. The molecule has 1 amide bonds. The van der Waals surface area contributed by atoms with E-state index in [4.69, 9.17) is 0 Å². The molecule has 2 rings (SSSR count). The second kappa shape index (κ2) is 5.72. The van der Waals surface area contributed by atoms with Crippen LogP contribution in [0.3, 0.4) is 0 Å². The molecular weight excluding hydrogens is 312 g/mol. The Morgan fingerprint density at radius 1 is 1.56 bits per heavy atom. The zero-order valence-corrected chi connectivity index (χ0v) is 13.2. The lowest BCUT2D eigenvalue weighted by Gasteiger charge is -2.35. The SMILES string of the molecule is CN(Cc1csc(Br)c1)C(=O)C1(C)CCNCC1. The molecule has 0 atom stereocenters. The van der Waals surface area contributed by atoms with Gasteiger partial charge in [-0.15, -0.1) is 11.3 Å². The zero-order valence-electron chi connectivity index (χ0n) is 10.8. The summed E-state index contributed by atoms with van der Waals surface area (Å²) in [6.07, 6.45) is 1.87. The maximum absolute atomic E-state index is 12.5. The number of carbonyl (C=O) groups is 1. The van der Waals surface area contributed by atoms with Gasteiger partial charge in [0, 0.05) is 19.0 Å². The summed E-state index contributed by atoms with van der Waals surface area (Å²) >= 11 is 5.11. The van der Waals surface area contributed by atoms with Gasteiger partial charge in [-0.05, 0) is 58.9 Å². The van der Waals surface area contributed by atoms with Crippen LogP contribution in [0.5, 0.6) is 0 Å². The molecule has 1 aliphatic heterocycles. The fourth-order valence-electron chi connectivity index (χ4n) is 2.43. The summed E-state index contributed by atoms with van der Waals surface area (Å²) in [5.41, 5.74) is 1.01. The van der Waals surface area contributed by atoms with E-state index in [0.717, 1.165) is 29.7 Å². The monoisotopic (exact) mass is 330 g/mol. The van der Waals surface area contributed by atoms with Gasteiger partial charge in [0.15, 0.2) is 0 Å². The minimum atomic E-state index is -0.187. The number of halogens is 1. The Hall–Kier alpha value is -0.390. The molecule has 0 saturated carbocycles. The maximum atomic E-state index is 12.5. The van der Waals surface area contributed by atoms with Gasteiger partial charge in [0.25, 0.3) is 0 Å². The summed E-state index contributed by atoms with van der Waals surface area (Å²) < 4.78 is 1.12. The predicted octanol–water partition coefficient (Wildman–Crippen LogP) is 2.86. The lowest BCUT2D eigenvalue weighted by atomic mass is 9.79. The first-order valence-corrected chi connectivity index (χ1v) is 7.88. The molecule has 1 saturated heterocycles.